The first kappa shape index (κ1) is 15.7. The highest BCUT2D eigenvalue weighted by Gasteiger charge is 2.43. The summed E-state index contributed by atoms with van der Waals surface area (Å²) in [7, 11) is 2.67. The van der Waals surface area contributed by atoms with E-state index < -0.39 is 28.0 Å². The van der Waals surface area contributed by atoms with Crippen molar-refractivity contribution in [2.75, 3.05) is 0 Å². The number of rotatable bonds is 1. The van der Waals surface area contributed by atoms with Crippen LogP contribution in [0.2, 0.25) is 0 Å². The fraction of sp³-hybridized carbons (Fsp3) is 0.400. The van der Waals surface area contributed by atoms with Crippen LogP contribution in [0.15, 0.2) is 26.6 Å². The van der Waals surface area contributed by atoms with Gasteiger partial charge in [-0.3, -0.25) is 13.9 Å². The average Bonchev–Trinajstić information content (AvgIpc) is 2.83. The van der Waals surface area contributed by atoms with Crippen LogP contribution in [0.25, 0.3) is 6.08 Å². The summed E-state index contributed by atoms with van der Waals surface area (Å²) in [4.78, 5) is 35.6. The third-order valence-corrected chi connectivity index (χ3v) is 5.23. The molecule has 1 unspecified atom stereocenters. The summed E-state index contributed by atoms with van der Waals surface area (Å²) in [6.07, 6.45) is 7.68. The normalized spacial score (nSPS) is 25.3. The van der Waals surface area contributed by atoms with Crippen LogP contribution in [0.4, 0.5) is 0 Å². The Kier molecular flexibility index (Phi) is 3.71. The first-order valence-corrected chi connectivity index (χ1v) is 7.97. The zero-order valence-electron chi connectivity index (χ0n) is 12.7. The van der Waals surface area contributed by atoms with E-state index in [2.05, 4.69) is 0 Å². The largest absolute Gasteiger partial charge is 0.494 e. The van der Waals surface area contributed by atoms with Crippen LogP contribution in [0.3, 0.4) is 0 Å². The molecule has 1 saturated heterocycles. The number of allylic oxidation sites excluding steroid dienone is 1. The second kappa shape index (κ2) is 5.45. The number of carbonyl (C=O) groups excluding carboxylic acids is 1. The zero-order valence-corrected chi connectivity index (χ0v) is 13.6. The first-order chi connectivity index (χ1) is 10.8. The van der Waals surface area contributed by atoms with E-state index in [1.54, 1.807) is 0 Å². The van der Waals surface area contributed by atoms with Crippen molar-refractivity contribution in [3.8, 4) is 5.88 Å². The standard InChI is InChI=1S/C15H16N2O5S/c1-16-11(18)9(12(19)17(2)14(16)21)8-10-13(20)22-15(23-10)6-4-3-5-7-15/h4,6,8,18H,3,5,7H2,1-2H3. The Morgan fingerprint density at radius 3 is 2.70 bits per heavy atom. The summed E-state index contributed by atoms with van der Waals surface area (Å²) in [5.74, 6) is -1.00. The minimum atomic E-state index is -0.720. The molecule has 1 N–H and O–H groups in total. The second-order valence-corrected chi connectivity index (χ2v) is 6.88. The van der Waals surface area contributed by atoms with Gasteiger partial charge >= 0.3 is 11.7 Å². The number of thioether (sulfide) groups is 1. The molecule has 8 heteroatoms. The van der Waals surface area contributed by atoms with Crippen LogP contribution in [-0.2, 0) is 23.6 Å². The van der Waals surface area contributed by atoms with E-state index in [1.165, 1.54) is 31.9 Å². The number of nitrogens with zero attached hydrogens (tertiary/aromatic N) is 2. The van der Waals surface area contributed by atoms with Crippen LogP contribution in [-0.4, -0.2) is 25.1 Å². The zero-order chi connectivity index (χ0) is 16.8. The number of hydrogen-bond acceptors (Lipinski definition) is 6. The molecular weight excluding hydrogens is 320 g/mol. The second-order valence-electron chi connectivity index (χ2n) is 5.55. The van der Waals surface area contributed by atoms with Gasteiger partial charge in [0.15, 0.2) is 4.93 Å². The molecule has 0 saturated carbocycles. The molecule has 0 bridgehead atoms. The van der Waals surface area contributed by atoms with Crippen molar-refractivity contribution in [1.82, 2.24) is 9.13 Å². The molecule has 0 amide bonds. The van der Waals surface area contributed by atoms with Gasteiger partial charge in [0.1, 0.15) is 5.56 Å². The van der Waals surface area contributed by atoms with Crippen LogP contribution in [0.1, 0.15) is 24.8 Å². The Balaban J connectivity index is 2.08. The van der Waals surface area contributed by atoms with Gasteiger partial charge < -0.3 is 9.84 Å². The highest BCUT2D eigenvalue weighted by atomic mass is 32.2. The monoisotopic (exact) mass is 336 g/mol. The van der Waals surface area contributed by atoms with E-state index in [-0.39, 0.29) is 10.5 Å². The van der Waals surface area contributed by atoms with Crippen molar-refractivity contribution in [3.05, 3.63) is 43.5 Å². The number of aromatic hydroxyl groups is 1. The lowest BCUT2D eigenvalue weighted by Gasteiger charge is -2.24. The molecule has 1 aromatic heterocycles. The van der Waals surface area contributed by atoms with Gasteiger partial charge in [0, 0.05) is 20.5 Å². The van der Waals surface area contributed by atoms with Crippen LogP contribution in [0.5, 0.6) is 5.88 Å². The third kappa shape index (κ3) is 2.52. The van der Waals surface area contributed by atoms with Crippen molar-refractivity contribution in [2.45, 2.75) is 24.2 Å². The Hall–Kier alpha value is -2.22. The molecule has 2 heterocycles. The van der Waals surface area contributed by atoms with E-state index in [9.17, 15) is 19.5 Å². The molecule has 0 aromatic carbocycles. The van der Waals surface area contributed by atoms with Gasteiger partial charge in [-0.05, 0) is 25.0 Å². The SMILES string of the molecule is Cn1c(O)c(C=C2SC3(C=CCCC3)OC2=O)c(=O)n(C)c1=O. The summed E-state index contributed by atoms with van der Waals surface area (Å²) in [6.45, 7) is 0. The van der Waals surface area contributed by atoms with Crippen molar-refractivity contribution < 1.29 is 14.6 Å². The minimum Gasteiger partial charge on any atom is -0.494 e. The highest BCUT2D eigenvalue weighted by molar-refractivity contribution is 8.05. The Morgan fingerprint density at radius 1 is 1.30 bits per heavy atom. The fourth-order valence-electron chi connectivity index (χ4n) is 2.64. The molecule has 7 nitrogen and oxygen atoms in total. The molecule has 1 atom stereocenters. The van der Waals surface area contributed by atoms with Gasteiger partial charge in [0.2, 0.25) is 5.88 Å². The number of esters is 1. The molecule has 2 aliphatic rings. The Labute approximate surface area is 135 Å². The van der Waals surface area contributed by atoms with Gasteiger partial charge in [-0.2, -0.15) is 0 Å². The third-order valence-electron chi connectivity index (χ3n) is 3.96. The summed E-state index contributed by atoms with van der Waals surface area (Å²) in [5, 5.41) is 10.1. The van der Waals surface area contributed by atoms with Crippen molar-refractivity contribution >= 4 is 23.8 Å². The summed E-state index contributed by atoms with van der Waals surface area (Å²) in [6, 6.07) is 0. The molecule has 1 aromatic rings. The fourth-order valence-corrected chi connectivity index (χ4v) is 3.85. The van der Waals surface area contributed by atoms with Gasteiger partial charge in [-0.25, -0.2) is 9.59 Å². The lowest BCUT2D eigenvalue weighted by atomic mass is 10.0. The summed E-state index contributed by atoms with van der Waals surface area (Å²) in [5.41, 5.74) is -1.40. The van der Waals surface area contributed by atoms with E-state index in [0.717, 1.165) is 22.0 Å². The number of aromatic nitrogens is 2. The topological polar surface area (TPSA) is 90.5 Å². The summed E-state index contributed by atoms with van der Waals surface area (Å²) >= 11 is 1.23. The minimum absolute atomic E-state index is 0.106. The lowest BCUT2D eigenvalue weighted by molar-refractivity contribution is -0.141. The van der Waals surface area contributed by atoms with Crippen molar-refractivity contribution in [3.63, 3.8) is 0 Å². The molecule has 1 aliphatic carbocycles. The van der Waals surface area contributed by atoms with E-state index in [4.69, 9.17) is 4.74 Å². The first-order valence-electron chi connectivity index (χ1n) is 7.15. The molecule has 1 fully saturated rings. The van der Waals surface area contributed by atoms with E-state index in [0.29, 0.717) is 6.42 Å². The van der Waals surface area contributed by atoms with Gasteiger partial charge in [-0.15, -0.1) is 0 Å². The Morgan fingerprint density at radius 2 is 2.04 bits per heavy atom. The maximum absolute atomic E-state index is 12.2. The molecular formula is C15H16N2O5S. The molecule has 1 spiro atoms. The van der Waals surface area contributed by atoms with E-state index in [1.807, 2.05) is 12.2 Å². The predicted octanol–water partition coefficient (Wildman–Crippen LogP) is 0.857. The number of carbonyl (C=O) groups is 1. The van der Waals surface area contributed by atoms with Gasteiger partial charge in [0.05, 0.1) is 4.91 Å². The van der Waals surface area contributed by atoms with E-state index >= 15 is 0 Å². The lowest BCUT2D eigenvalue weighted by Crippen LogP contribution is -2.38. The maximum Gasteiger partial charge on any atom is 0.346 e. The van der Waals surface area contributed by atoms with Gasteiger partial charge in [-0.1, -0.05) is 17.8 Å². The molecule has 1 aliphatic heterocycles. The highest BCUT2D eigenvalue weighted by Crippen LogP contribution is 2.48. The number of hydrogen-bond donors (Lipinski definition) is 1. The average molecular weight is 336 g/mol. The van der Waals surface area contributed by atoms with Crippen LogP contribution < -0.4 is 11.2 Å². The quantitative estimate of drug-likeness (QED) is 0.465. The van der Waals surface area contributed by atoms with Crippen molar-refractivity contribution in [2.24, 2.45) is 14.1 Å². The van der Waals surface area contributed by atoms with Crippen molar-refractivity contribution in [1.29, 1.82) is 0 Å². The Bertz CT molecular complexity index is 864. The molecule has 3 rings (SSSR count). The molecule has 122 valence electrons. The van der Waals surface area contributed by atoms with Crippen LogP contribution in [0, 0.1) is 0 Å². The molecule has 23 heavy (non-hydrogen) atoms. The maximum atomic E-state index is 12.2. The van der Waals surface area contributed by atoms with Crippen LogP contribution >= 0.6 is 11.8 Å². The summed E-state index contributed by atoms with van der Waals surface area (Å²) < 4.78 is 7.28. The smallest absolute Gasteiger partial charge is 0.346 e. The number of ether oxygens (including phenoxy) is 1. The molecule has 0 radical (unpaired) electrons. The predicted molar refractivity (Wildman–Crippen MR) is 86.0 cm³/mol. The van der Waals surface area contributed by atoms with Gasteiger partial charge in [0.25, 0.3) is 5.56 Å².